The second-order valence-corrected chi connectivity index (χ2v) is 15.2. The highest BCUT2D eigenvalue weighted by Crippen LogP contribution is 2.58. The zero-order valence-corrected chi connectivity index (χ0v) is 33.9. The van der Waals surface area contributed by atoms with Crippen molar-refractivity contribution in [1.29, 1.82) is 0 Å². The lowest BCUT2D eigenvalue weighted by Gasteiger charge is -2.45. The van der Waals surface area contributed by atoms with E-state index in [9.17, 15) is 14.9 Å². The van der Waals surface area contributed by atoms with E-state index in [1.807, 2.05) is 12.1 Å². The Morgan fingerprint density at radius 2 is 1.33 bits per heavy atom. The number of aromatic nitrogens is 2. The Morgan fingerprint density at radius 3 is 1.93 bits per heavy atom. The summed E-state index contributed by atoms with van der Waals surface area (Å²) in [5.74, 6) is 1.65. The molecule has 1 N–H and O–H groups in total. The number of nitrogens with one attached hydrogen (secondary N) is 1. The van der Waals surface area contributed by atoms with Gasteiger partial charge in [-0.25, -0.2) is 4.63 Å². The highest BCUT2D eigenvalue weighted by atomic mass is 16.6. The van der Waals surface area contributed by atoms with E-state index in [0.29, 0.717) is 24.3 Å². The number of carbonyl (C=O) groups is 1. The van der Waals surface area contributed by atoms with E-state index in [-0.39, 0.29) is 17.1 Å². The van der Waals surface area contributed by atoms with E-state index in [1.54, 1.807) is 6.07 Å². The van der Waals surface area contributed by atoms with Crippen LogP contribution >= 0.6 is 0 Å². The van der Waals surface area contributed by atoms with Gasteiger partial charge in [-0.1, -0.05) is 30.3 Å². The van der Waals surface area contributed by atoms with E-state index >= 15 is 0 Å². The first-order valence-corrected chi connectivity index (χ1v) is 20.8. The summed E-state index contributed by atoms with van der Waals surface area (Å²) in [7, 11) is 0. The predicted octanol–water partition coefficient (Wildman–Crippen LogP) is 7.19. The first-order chi connectivity index (χ1) is 28.3. The minimum Gasteiger partial charge on any atom is -0.456 e. The molecule has 1 fully saturated rings. The highest BCUT2D eigenvalue weighted by Gasteiger charge is 2.56. The second kappa shape index (κ2) is 16.6. The number of carbonyl (C=O) groups excluding carboxylic acids is 1. The molecule has 58 heavy (non-hydrogen) atoms. The van der Waals surface area contributed by atoms with E-state index in [2.05, 4.69) is 116 Å². The summed E-state index contributed by atoms with van der Waals surface area (Å²) >= 11 is 0. The van der Waals surface area contributed by atoms with Crippen molar-refractivity contribution in [3.05, 3.63) is 105 Å². The van der Waals surface area contributed by atoms with Crippen LogP contribution in [-0.4, -0.2) is 114 Å². The van der Waals surface area contributed by atoms with Gasteiger partial charge in [-0.15, -0.1) is 0 Å². The third-order valence-corrected chi connectivity index (χ3v) is 12.3. The molecule has 5 aromatic rings. The highest BCUT2D eigenvalue weighted by molar-refractivity contribution is 6.02. The number of benzene rings is 4. The van der Waals surface area contributed by atoms with Crippen LogP contribution in [0.1, 0.15) is 67.6 Å². The first-order valence-electron chi connectivity index (χ1n) is 20.8. The molecular formula is C44H53N9O5. The Labute approximate surface area is 339 Å². The number of rotatable bonds is 16. The molecular weight excluding hydrogens is 735 g/mol. The molecule has 0 atom stereocenters. The summed E-state index contributed by atoms with van der Waals surface area (Å²) in [6.45, 7) is 19.2. The number of nitro benzene ring substituents is 1. The molecule has 1 spiro atoms. The smallest absolute Gasteiger partial charge is 0.300 e. The van der Waals surface area contributed by atoms with Crippen molar-refractivity contribution in [2.24, 2.45) is 0 Å². The van der Waals surface area contributed by atoms with Crippen LogP contribution in [0.15, 0.2) is 77.4 Å². The van der Waals surface area contributed by atoms with Crippen molar-refractivity contribution >= 4 is 39.7 Å². The Hall–Kier alpha value is -5.73. The van der Waals surface area contributed by atoms with E-state index in [1.165, 1.54) is 6.07 Å². The first kappa shape index (κ1) is 39.1. The number of nitro groups is 1. The van der Waals surface area contributed by atoms with Crippen molar-refractivity contribution in [3.8, 4) is 11.5 Å². The third kappa shape index (κ3) is 6.87. The molecule has 0 unspecified atom stereocenters. The largest absolute Gasteiger partial charge is 0.456 e. The van der Waals surface area contributed by atoms with Crippen LogP contribution in [0.25, 0.3) is 11.0 Å². The molecule has 8 rings (SSSR count). The fourth-order valence-corrected chi connectivity index (χ4v) is 9.26. The summed E-state index contributed by atoms with van der Waals surface area (Å²) in [5, 5.41) is 22.3. The van der Waals surface area contributed by atoms with Gasteiger partial charge in [0.25, 0.3) is 5.91 Å². The van der Waals surface area contributed by atoms with Gasteiger partial charge in [-0.05, 0) is 93.8 Å². The number of hydrogen-bond donors (Lipinski definition) is 1. The number of hydrogen-bond acceptors (Lipinski definition) is 12. The number of piperazine rings is 1. The van der Waals surface area contributed by atoms with Crippen molar-refractivity contribution in [2.75, 3.05) is 93.7 Å². The monoisotopic (exact) mass is 787 g/mol. The molecule has 0 bridgehead atoms. The van der Waals surface area contributed by atoms with Crippen molar-refractivity contribution in [2.45, 2.75) is 46.1 Å². The molecule has 14 heteroatoms. The number of fused-ring (bicyclic) bond motifs is 7. The topological polar surface area (TPSA) is 137 Å². The fraction of sp³-hybridized carbons (Fsp3) is 0.432. The van der Waals surface area contributed by atoms with Gasteiger partial charge in [0, 0.05) is 112 Å². The van der Waals surface area contributed by atoms with Crippen molar-refractivity contribution in [1.82, 2.24) is 25.0 Å². The molecule has 4 aromatic carbocycles. The number of nitrogens with zero attached hydrogens (tertiary/aromatic N) is 8. The van der Waals surface area contributed by atoms with Crippen LogP contribution in [0.2, 0.25) is 0 Å². The summed E-state index contributed by atoms with van der Waals surface area (Å²) in [4.78, 5) is 37.3. The minimum atomic E-state index is -0.822. The van der Waals surface area contributed by atoms with Crippen LogP contribution in [0.3, 0.4) is 0 Å². The second-order valence-electron chi connectivity index (χ2n) is 15.2. The summed E-state index contributed by atoms with van der Waals surface area (Å²) < 4.78 is 11.7. The zero-order chi connectivity index (χ0) is 40.4. The van der Waals surface area contributed by atoms with Gasteiger partial charge in [0.2, 0.25) is 5.52 Å². The third-order valence-electron chi connectivity index (χ3n) is 12.3. The number of amides is 1. The quantitative estimate of drug-likeness (QED) is 0.0616. The average Bonchev–Trinajstić information content (AvgIpc) is 3.83. The number of anilines is 3. The number of ether oxygens (including phenoxy) is 1. The summed E-state index contributed by atoms with van der Waals surface area (Å²) in [6.07, 6.45) is 1.75. The molecule has 3 aliphatic rings. The normalized spacial score (nSPS) is 15.9. The van der Waals surface area contributed by atoms with Gasteiger partial charge in [-0.2, -0.15) is 0 Å². The lowest BCUT2D eigenvalue weighted by atomic mass is 9.74. The maximum absolute atomic E-state index is 14.7. The maximum atomic E-state index is 14.7. The fourth-order valence-electron chi connectivity index (χ4n) is 9.26. The van der Waals surface area contributed by atoms with E-state index in [4.69, 9.17) is 9.37 Å². The summed E-state index contributed by atoms with van der Waals surface area (Å²) in [5.41, 5.74) is 6.23. The Kier molecular flexibility index (Phi) is 11.2. The van der Waals surface area contributed by atoms with Crippen LogP contribution in [0.4, 0.5) is 22.7 Å². The van der Waals surface area contributed by atoms with Crippen LogP contribution in [0, 0.1) is 10.1 Å². The average molecular weight is 788 g/mol. The molecule has 0 saturated carbocycles. The molecule has 0 radical (unpaired) electrons. The Morgan fingerprint density at radius 1 is 0.741 bits per heavy atom. The zero-order valence-electron chi connectivity index (χ0n) is 33.9. The maximum Gasteiger partial charge on any atom is 0.300 e. The van der Waals surface area contributed by atoms with Gasteiger partial charge >= 0.3 is 5.69 Å². The molecule has 1 amide bonds. The standard InChI is InChI=1S/C44H53N9O5/c1-5-50(6-2)31-15-17-35-39(29-31)57-40-30-32(51(7-3)8-4)16-18-36(40)44(35)34-14-10-9-13-33(34)43(54)52(44)24-12-23-49-27-25-48(26-28-49)22-11-21-45-37-19-20-38(53(55)56)42-41(37)46-58-47-42/h9-10,13-20,29-30,45H,5-8,11-12,21-28H2,1-4H3. The summed E-state index contributed by atoms with van der Waals surface area (Å²) in [6, 6.07) is 24.3. The van der Waals surface area contributed by atoms with Gasteiger partial charge in [0.05, 0.1) is 10.6 Å². The predicted molar refractivity (Wildman–Crippen MR) is 227 cm³/mol. The molecule has 304 valence electrons. The molecule has 1 aromatic heterocycles. The van der Waals surface area contributed by atoms with Crippen LogP contribution in [-0.2, 0) is 5.54 Å². The lowest BCUT2D eigenvalue weighted by Crippen LogP contribution is -2.49. The molecule has 4 heterocycles. The SMILES string of the molecule is CCN(CC)c1ccc2c(c1)Oc1cc(N(CC)CC)ccc1C21c2ccccc2C(=O)N1CCCN1CCN(CCCNc2ccc([N+](=O)[O-])c3nonc23)CC1. The lowest BCUT2D eigenvalue weighted by molar-refractivity contribution is -0.383. The Bertz CT molecular complexity index is 2220. The van der Waals surface area contributed by atoms with Crippen LogP contribution < -0.4 is 19.9 Å². The molecule has 1 saturated heterocycles. The van der Waals surface area contributed by atoms with E-state index in [0.717, 1.165) is 123 Å². The minimum absolute atomic E-state index is 0.0581. The van der Waals surface area contributed by atoms with Crippen LogP contribution in [0.5, 0.6) is 11.5 Å². The number of non-ortho nitro benzene ring substituents is 1. The van der Waals surface area contributed by atoms with Gasteiger partial charge in [0.15, 0.2) is 5.52 Å². The van der Waals surface area contributed by atoms with Gasteiger partial charge < -0.3 is 34.6 Å². The van der Waals surface area contributed by atoms with Crippen molar-refractivity contribution in [3.63, 3.8) is 0 Å². The Balaban J connectivity index is 0.969. The van der Waals surface area contributed by atoms with Gasteiger partial charge in [-0.3, -0.25) is 14.9 Å². The van der Waals surface area contributed by atoms with Gasteiger partial charge in [0.1, 0.15) is 17.0 Å². The van der Waals surface area contributed by atoms with Crippen molar-refractivity contribution < 1.29 is 19.1 Å². The molecule has 14 nitrogen and oxygen atoms in total. The van der Waals surface area contributed by atoms with E-state index < -0.39 is 10.5 Å². The molecule has 0 aliphatic carbocycles. The molecule has 3 aliphatic heterocycles.